The molecule has 0 aliphatic carbocycles. The first kappa shape index (κ1) is 21.8. The van der Waals surface area contributed by atoms with E-state index in [1.165, 1.54) is 10.2 Å². The third-order valence-electron chi connectivity index (χ3n) is 5.74. The van der Waals surface area contributed by atoms with Gasteiger partial charge in [-0.05, 0) is 44.0 Å². The van der Waals surface area contributed by atoms with E-state index in [-0.39, 0.29) is 18.0 Å². The first-order valence-electron chi connectivity index (χ1n) is 10.5. The molecule has 7 heteroatoms. The average molecular weight is 449 g/mol. The number of aryl methyl sites for hydroxylation is 3. The van der Waals surface area contributed by atoms with Crippen LogP contribution in [0.25, 0.3) is 10.8 Å². The lowest BCUT2D eigenvalue weighted by Gasteiger charge is -2.09. The molecule has 0 bridgehead atoms. The molecule has 1 N–H and O–H groups in total. The van der Waals surface area contributed by atoms with Crippen molar-refractivity contribution in [2.75, 3.05) is 0 Å². The lowest BCUT2D eigenvalue weighted by atomic mass is 10.1. The number of nitrogens with zero attached hydrogens (tertiary/aromatic N) is 3. The molecule has 4 rings (SSSR count). The molecule has 164 valence electrons. The van der Waals surface area contributed by atoms with Gasteiger partial charge in [-0.2, -0.15) is 5.10 Å². The van der Waals surface area contributed by atoms with Gasteiger partial charge in [0.15, 0.2) is 0 Å². The Balaban J connectivity index is 1.56. The quantitative estimate of drug-likeness (QED) is 0.482. The first-order chi connectivity index (χ1) is 15.3. The number of hydrogen-bond acceptors (Lipinski definition) is 3. The van der Waals surface area contributed by atoms with Crippen molar-refractivity contribution in [3.05, 3.63) is 98.2 Å². The largest absolute Gasteiger partial charge is 0.350 e. The molecule has 4 aromatic rings. The molecule has 32 heavy (non-hydrogen) atoms. The van der Waals surface area contributed by atoms with Crippen molar-refractivity contribution in [3.63, 3.8) is 0 Å². The Bertz CT molecular complexity index is 1350. The van der Waals surface area contributed by atoms with Crippen molar-refractivity contribution in [1.82, 2.24) is 19.7 Å². The minimum Gasteiger partial charge on any atom is -0.350 e. The summed E-state index contributed by atoms with van der Waals surface area (Å²) in [7, 11) is 0. The number of nitrogens with one attached hydrogen (secondary N) is 1. The van der Waals surface area contributed by atoms with Crippen LogP contribution in [0, 0.1) is 20.8 Å². The van der Waals surface area contributed by atoms with E-state index in [0.717, 1.165) is 27.9 Å². The Kier molecular flexibility index (Phi) is 6.15. The third kappa shape index (κ3) is 4.46. The van der Waals surface area contributed by atoms with Gasteiger partial charge in [0, 0.05) is 34.9 Å². The van der Waals surface area contributed by atoms with Crippen LogP contribution in [-0.2, 0) is 24.4 Å². The van der Waals surface area contributed by atoms with Crippen molar-refractivity contribution < 1.29 is 4.79 Å². The standard InChI is InChI=1S/C25H25ClN4O2/c1-16-7-9-19(10-8-16)14-29-17(2)22-13-28-30(25(32)24(22)18(29)3)15-23(31)27-12-20-5-4-6-21(26)11-20/h4-11,13H,12,14-15H2,1-3H3,(H,27,31). The number of fused-ring (bicyclic) bond motifs is 1. The van der Waals surface area contributed by atoms with Gasteiger partial charge in [-0.3, -0.25) is 9.59 Å². The molecule has 6 nitrogen and oxygen atoms in total. The van der Waals surface area contributed by atoms with Gasteiger partial charge in [0.05, 0.1) is 11.6 Å². The lowest BCUT2D eigenvalue weighted by Crippen LogP contribution is -2.33. The molecule has 2 heterocycles. The molecular formula is C25H25ClN4O2. The van der Waals surface area contributed by atoms with Crippen LogP contribution in [0.2, 0.25) is 5.02 Å². The number of carbonyl (C=O) groups excluding carboxylic acids is 1. The third-order valence-corrected chi connectivity index (χ3v) is 5.97. The maximum atomic E-state index is 13.2. The molecule has 0 fully saturated rings. The van der Waals surface area contributed by atoms with Crippen LogP contribution in [0.15, 0.2) is 59.5 Å². The summed E-state index contributed by atoms with van der Waals surface area (Å²) in [5.74, 6) is -0.285. The number of halogens is 1. The van der Waals surface area contributed by atoms with E-state index in [1.807, 2.05) is 26.0 Å². The molecule has 0 saturated heterocycles. The van der Waals surface area contributed by atoms with E-state index in [0.29, 0.717) is 23.5 Å². The summed E-state index contributed by atoms with van der Waals surface area (Å²) in [6, 6.07) is 15.6. The van der Waals surface area contributed by atoms with E-state index < -0.39 is 0 Å². The summed E-state index contributed by atoms with van der Waals surface area (Å²) in [6.45, 7) is 6.86. The molecule has 2 aromatic carbocycles. The Labute approximate surface area is 191 Å². The number of amides is 1. The Hall–Kier alpha value is -3.38. The summed E-state index contributed by atoms with van der Waals surface area (Å²) in [6.07, 6.45) is 1.68. The number of carbonyl (C=O) groups is 1. The Morgan fingerprint density at radius 3 is 2.50 bits per heavy atom. The van der Waals surface area contributed by atoms with Gasteiger partial charge in [-0.25, -0.2) is 4.68 Å². The Morgan fingerprint density at radius 1 is 1.03 bits per heavy atom. The fourth-order valence-electron chi connectivity index (χ4n) is 3.91. The Morgan fingerprint density at radius 2 is 1.78 bits per heavy atom. The van der Waals surface area contributed by atoms with E-state index in [2.05, 4.69) is 46.2 Å². The zero-order valence-electron chi connectivity index (χ0n) is 18.4. The molecule has 0 unspecified atom stereocenters. The minimum absolute atomic E-state index is 0.142. The van der Waals surface area contributed by atoms with E-state index in [9.17, 15) is 9.59 Å². The van der Waals surface area contributed by atoms with Gasteiger partial charge >= 0.3 is 0 Å². The monoisotopic (exact) mass is 448 g/mol. The first-order valence-corrected chi connectivity index (χ1v) is 10.8. The molecule has 0 spiro atoms. The maximum absolute atomic E-state index is 13.2. The summed E-state index contributed by atoms with van der Waals surface area (Å²) in [5, 5.41) is 9.11. The zero-order valence-corrected chi connectivity index (χ0v) is 19.1. The highest BCUT2D eigenvalue weighted by molar-refractivity contribution is 6.30. The van der Waals surface area contributed by atoms with E-state index in [1.54, 1.807) is 18.3 Å². The average Bonchev–Trinajstić information content (AvgIpc) is 3.01. The molecule has 0 aliphatic rings. The second-order valence-corrected chi connectivity index (χ2v) is 8.48. The summed E-state index contributed by atoms with van der Waals surface area (Å²) >= 11 is 5.98. The smallest absolute Gasteiger partial charge is 0.276 e. The molecule has 0 atom stereocenters. The molecular weight excluding hydrogens is 424 g/mol. The second-order valence-electron chi connectivity index (χ2n) is 8.05. The predicted octanol–water partition coefficient (Wildman–Crippen LogP) is 4.14. The van der Waals surface area contributed by atoms with Crippen LogP contribution in [0.5, 0.6) is 0 Å². The molecule has 0 saturated carbocycles. The van der Waals surface area contributed by atoms with Crippen molar-refractivity contribution in [1.29, 1.82) is 0 Å². The van der Waals surface area contributed by atoms with Gasteiger partial charge in [-0.1, -0.05) is 53.6 Å². The highest BCUT2D eigenvalue weighted by Crippen LogP contribution is 2.23. The predicted molar refractivity (Wildman–Crippen MR) is 127 cm³/mol. The van der Waals surface area contributed by atoms with Crippen LogP contribution in [0.3, 0.4) is 0 Å². The minimum atomic E-state index is -0.285. The van der Waals surface area contributed by atoms with Crippen LogP contribution < -0.4 is 10.9 Å². The van der Waals surface area contributed by atoms with E-state index in [4.69, 9.17) is 11.6 Å². The van der Waals surface area contributed by atoms with E-state index >= 15 is 0 Å². The van der Waals surface area contributed by atoms with Gasteiger partial charge in [0.2, 0.25) is 5.91 Å². The fraction of sp³-hybridized carbons (Fsp3) is 0.240. The molecule has 0 aliphatic heterocycles. The maximum Gasteiger partial charge on any atom is 0.276 e. The van der Waals surface area contributed by atoms with Gasteiger partial charge in [0.1, 0.15) is 6.54 Å². The number of aromatic nitrogens is 3. The fourth-order valence-corrected chi connectivity index (χ4v) is 4.12. The second kappa shape index (κ2) is 9.01. The number of rotatable bonds is 6. The van der Waals surface area contributed by atoms with Crippen LogP contribution >= 0.6 is 11.6 Å². The summed E-state index contributed by atoms with van der Waals surface area (Å²) in [5.41, 5.74) is 4.86. The van der Waals surface area contributed by atoms with Gasteiger partial charge in [0.25, 0.3) is 5.56 Å². The van der Waals surface area contributed by atoms with Gasteiger partial charge in [-0.15, -0.1) is 0 Å². The summed E-state index contributed by atoms with van der Waals surface area (Å²) < 4.78 is 3.35. The molecule has 2 aromatic heterocycles. The van der Waals surface area contributed by atoms with Gasteiger partial charge < -0.3 is 9.88 Å². The highest BCUT2D eigenvalue weighted by atomic mass is 35.5. The number of benzene rings is 2. The summed E-state index contributed by atoms with van der Waals surface area (Å²) in [4.78, 5) is 25.6. The van der Waals surface area contributed by atoms with Crippen LogP contribution in [0.1, 0.15) is 28.1 Å². The molecule has 1 amide bonds. The molecule has 0 radical (unpaired) electrons. The van der Waals surface area contributed by atoms with Crippen LogP contribution in [0.4, 0.5) is 0 Å². The van der Waals surface area contributed by atoms with Crippen LogP contribution in [-0.4, -0.2) is 20.3 Å². The van der Waals surface area contributed by atoms with Crippen molar-refractivity contribution >= 4 is 28.3 Å². The van der Waals surface area contributed by atoms with Crippen molar-refractivity contribution in [3.8, 4) is 0 Å². The zero-order chi connectivity index (χ0) is 22.8. The normalized spacial score (nSPS) is 11.1. The number of hydrogen-bond donors (Lipinski definition) is 1. The SMILES string of the molecule is Cc1ccc(Cn2c(C)c3cnn(CC(=O)NCc4cccc(Cl)c4)c(=O)c3c2C)cc1. The highest BCUT2D eigenvalue weighted by Gasteiger charge is 2.17. The topological polar surface area (TPSA) is 68.9 Å². The van der Waals surface area contributed by atoms with Crippen molar-refractivity contribution in [2.24, 2.45) is 0 Å². The lowest BCUT2D eigenvalue weighted by molar-refractivity contribution is -0.122. The van der Waals surface area contributed by atoms with Crippen molar-refractivity contribution in [2.45, 2.75) is 40.4 Å².